The highest BCUT2D eigenvalue weighted by molar-refractivity contribution is 5.47. The second-order valence-electron chi connectivity index (χ2n) is 6.98. The predicted octanol–water partition coefficient (Wildman–Crippen LogP) is 3.05. The van der Waals surface area contributed by atoms with Gasteiger partial charge in [0, 0.05) is 25.5 Å². The first-order valence-electron chi connectivity index (χ1n) is 8.05. The largest absolute Gasteiger partial charge is 0.389 e. The second-order valence-corrected chi connectivity index (χ2v) is 6.98. The number of nitrogens with zero attached hydrogens (tertiary/aromatic N) is 2. The first-order chi connectivity index (χ1) is 10.9. The zero-order valence-electron chi connectivity index (χ0n) is 14.4. The average Bonchev–Trinajstić information content (AvgIpc) is 2.92. The van der Waals surface area contributed by atoms with Crippen molar-refractivity contribution in [2.45, 2.75) is 39.0 Å². The number of β-amino-alcohol motifs (C(OH)–C–C–N with tert-alkyl or cyclic N) is 1. The standard InChI is InChI=1S/C19H28N2O2/c1-5-16-6-8-17(9-7-16)12-20-10-11-21(15-20)13-18(22)14-23-19(2,3)4/h5-11,18,22H,1,12-15H2,2-4H3. The summed E-state index contributed by atoms with van der Waals surface area (Å²) in [5, 5.41) is 10.1. The van der Waals surface area contributed by atoms with Crippen LogP contribution in [-0.4, -0.2) is 46.4 Å². The molecule has 1 aromatic carbocycles. The van der Waals surface area contributed by atoms with Crippen LogP contribution in [0.2, 0.25) is 0 Å². The molecule has 0 fully saturated rings. The minimum absolute atomic E-state index is 0.217. The van der Waals surface area contributed by atoms with Crippen LogP contribution in [0.5, 0.6) is 0 Å². The van der Waals surface area contributed by atoms with E-state index in [1.807, 2.05) is 33.0 Å². The molecule has 1 heterocycles. The van der Waals surface area contributed by atoms with Gasteiger partial charge in [-0.3, -0.25) is 0 Å². The molecule has 0 bridgehead atoms. The Kier molecular flexibility index (Phi) is 5.85. The van der Waals surface area contributed by atoms with Gasteiger partial charge in [-0.1, -0.05) is 36.9 Å². The molecule has 1 aliphatic heterocycles. The highest BCUT2D eigenvalue weighted by atomic mass is 16.5. The minimum atomic E-state index is -0.481. The van der Waals surface area contributed by atoms with E-state index in [1.54, 1.807) is 0 Å². The Labute approximate surface area is 139 Å². The molecule has 4 heteroatoms. The molecule has 0 spiro atoms. The third-order valence-corrected chi connectivity index (χ3v) is 3.61. The summed E-state index contributed by atoms with van der Waals surface area (Å²) in [5.41, 5.74) is 2.18. The number of benzene rings is 1. The summed E-state index contributed by atoms with van der Waals surface area (Å²) in [6.45, 7) is 12.3. The number of hydrogen-bond acceptors (Lipinski definition) is 4. The fourth-order valence-corrected chi connectivity index (χ4v) is 2.40. The van der Waals surface area contributed by atoms with Crippen LogP contribution >= 0.6 is 0 Å². The number of aliphatic hydroxyl groups is 1. The highest BCUT2D eigenvalue weighted by Gasteiger charge is 2.18. The molecule has 0 saturated heterocycles. The van der Waals surface area contributed by atoms with Crippen LogP contribution < -0.4 is 0 Å². The Morgan fingerprint density at radius 1 is 1.22 bits per heavy atom. The molecule has 2 rings (SSSR count). The van der Waals surface area contributed by atoms with E-state index in [1.165, 1.54) is 5.56 Å². The Hall–Kier alpha value is -1.78. The maximum Gasteiger partial charge on any atom is 0.0948 e. The monoisotopic (exact) mass is 316 g/mol. The molecule has 0 aliphatic carbocycles. The molecular weight excluding hydrogens is 288 g/mol. The molecule has 1 N–H and O–H groups in total. The Morgan fingerprint density at radius 3 is 2.48 bits per heavy atom. The first kappa shape index (κ1) is 17.6. The normalized spacial score (nSPS) is 16.0. The molecule has 1 aromatic rings. The molecule has 1 unspecified atom stereocenters. The van der Waals surface area contributed by atoms with E-state index in [9.17, 15) is 5.11 Å². The SMILES string of the molecule is C=Cc1ccc(CN2C=CN(CC(O)COC(C)(C)C)C2)cc1. The van der Waals surface area contributed by atoms with Crippen molar-refractivity contribution >= 4 is 6.08 Å². The molecule has 126 valence electrons. The van der Waals surface area contributed by atoms with Crippen LogP contribution in [0.4, 0.5) is 0 Å². The lowest BCUT2D eigenvalue weighted by atomic mass is 10.1. The van der Waals surface area contributed by atoms with Gasteiger partial charge in [-0.05, 0) is 31.9 Å². The molecule has 23 heavy (non-hydrogen) atoms. The van der Waals surface area contributed by atoms with Gasteiger partial charge in [0.25, 0.3) is 0 Å². The summed E-state index contributed by atoms with van der Waals surface area (Å²) in [6.07, 6.45) is 5.46. The Balaban J connectivity index is 1.75. The fraction of sp³-hybridized carbons (Fsp3) is 0.474. The van der Waals surface area contributed by atoms with Crippen molar-refractivity contribution in [3.05, 3.63) is 54.4 Å². The van der Waals surface area contributed by atoms with Crippen molar-refractivity contribution in [3.63, 3.8) is 0 Å². The van der Waals surface area contributed by atoms with Crippen molar-refractivity contribution in [1.29, 1.82) is 0 Å². The molecular formula is C19H28N2O2. The number of aliphatic hydroxyl groups excluding tert-OH is 1. The maximum absolute atomic E-state index is 10.1. The van der Waals surface area contributed by atoms with Crippen LogP contribution in [0.3, 0.4) is 0 Å². The van der Waals surface area contributed by atoms with Crippen LogP contribution in [0.15, 0.2) is 43.2 Å². The molecule has 1 atom stereocenters. The average molecular weight is 316 g/mol. The van der Waals surface area contributed by atoms with E-state index in [0.717, 1.165) is 18.8 Å². The third-order valence-electron chi connectivity index (χ3n) is 3.61. The van der Waals surface area contributed by atoms with Crippen LogP contribution in [0, 0.1) is 0 Å². The van der Waals surface area contributed by atoms with Gasteiger partial charge in [0.15, 0.2) is 0 Å². The summed E-state index contributed by atoms with van der Waals surface area (Å²) in [5.74, 6) is 0. The summed E-state index contributed by atoms with van der Waals surface area (Å²) in [7, 11) is 0. The van der Waals surface area contributed by atoms with Gasteiger partial charge in [-0.25, -0.2) is 0 Å². The van der Waals surface area contributed by atoms with E-state index in [4.69, 9.17) is 4.74 Å². The lowest BCUT2D eigenvalue weighted by Gasteiger charge is -2.26. The van der Waals surface area contributed by atoms with Crippen molar-refractivity contribution in [2.75, 3.05) is 19.8 Å². The van der Waals surface area contributed by atoms with Gasteiger partial charge in [0.05, 0.1) is 25.0 Å². The molecule has 0 amide bonds. The lowest BCUT2D eigenvalue weighted by Crippen LogP contribution is -2.35. The van der Waals surface area contributed by atoms with Crippen LogP contribution in [-0.2, 0) is 11.3 Å². The third kappa shape index (κ3) is 6.08. The predicted molar refractivity (Wildman–Crippen MR) is 94.5 cm³/mol. The number of rotatable bonds is 7. The highest BCUT2D eigenvalue weighted by Crippen LogP contribution is 2.14. The van der Waals surface area contributed by atoms with Gasteiger partial charge in [0.1, 0.15) is 0 Å². The zero-order valence-corrected chi connectivity index (χ0v) is 14.4. The maximum atomic E-state index is 10.1. The summed E-state index contributed by atoms with van der Waals surface area (Å²) < 4.78 is 5.62. The van der Waals surface area contributed by atoms with Gasteiger partial charge in [-0.2, -0.15) is 0 Å². The topological polar surface area (TPSA) is 35.9 Å². The molecule has 4 nitrogen and oxygen atoms in total. The zero-order chi connectivity index (χ0) is 16.9. The quantitative estimate of drug-likeness (QED) is 0.839. The van der Waals surface area contributed by atoms with Gasteiger partial charge >= 0.3 is 0 Å². The van der Waals surface area contributed by atoms with Crippen molar-refractivity contribution in [3.8, 4) is 0 Å². The lowest BCUT2D eigenvalue weighted by molar-refractivity contribution is -0.0541. The van der Waals surface area contributed by atoms with Crippen LogP contribution in [0.25, 0.3) is 6.08 Å². The van der Waals surface area contributed by atoms with E-state index in [2.05, 4.69) is 46.8 Å². The summed E-state index contributed by atoms with van der Waals surface area (Å²) >= 11 is 0. The van der Waals surface area contributed by atoms with E-state index in [-0.39, 0.29) is 5.60 Å². The van der Waals surface area contributed by atoms with Crippen molar-refractivity contribution in [2.24, 2.45) is 0 Å². The number of hydrogen-bond donors (Lipinski definition) is 1. The Morgan fingerprint density at radius 2 is 1.87 bits per heavy atom. The van der Waals surface area contributed by atoms with E-state index < -0.39 is 6.10 Å². The minimum Gasteiger partial charge on any atom is -0.389 e. The first-order valence-corrected chi connectivity index (χ1v) is 8.05. The van der Waals surface area contributed by atoms with Gasteiger partial charge in [-0.15, -0.1) is 0 Å². The number of ether oxygens (including phenoxy) is 1. The molecule has 0 saturated carbocycles. The molecule has 1 aliphatic rings. The fourth-order valence-electron chi connectivity index (χ4n) is 2.40. The summed E-state index contributed by atoms with van der Waals surface area (Å²) in [4.78, 5) is 4.33. The molecule has 0 aromatic heterocycles. The van der Waals surface area contributed by atoms with Gasteiger partial charge in [0.2, 0.25) is 0 Å². The molecule has 0 radical (unpaired) electrons. The van der Waals surface area contributed by atoms with Crippen molar-refractivity contribution < 1.29 is 9.84 Å². The summed E-state index contributed by atoms with van der Waals surface area (Å²) in [6, 6.07) is 8.40. The van der Waals surface area contributed by atoms with E-state index in [0.29, 0.717) is 13.2 Å². The van der Waals surface area contributed by atoms with Gasteiger partial charge < -0.3 is 19.6 Å². The Bertz CT molecular complexity index is 531. The van der Waals surface area contributed by atoms with E-state index >= 15 is 0 Å². The van der Waals surface area contributed by atoms with Crippen LogP contribution in [0.1, 0.15) is 31.9 Å². The second kappa shape index (κ2) is 7.66. The smallest absolute Gasteiger partial charge is 0.0948 e. The van der Waals surface area contributed by atoms with Crippen molar-refractivity contribution in [1.82, 2.24) is 9.80 Å².